The van der Waals surface area contributed by atoms with E-state index >= 15 is 0 Å². The summed E-state index contributed by atoms with van der Waals surface area (Å²) in [6, 6.07) is 7.28. The molecule has 0 aliphatic heterocycles. The van der Waals surface area contributed by atoms with Gasteiger partial charge in [-0.25, -0.2) is 0 Å². The van der Waals surface area contributed by atoms with Crippen molar-refractivity contribution in [1.29, 1.82) is 0 Å². The van der Waals surface area contributed by atoms with Crippen LogP contribution < -0.4 is 0 Å². The number of rotatable bonds is 1. The highest BCUT2D eigenvalue weighted by Crippen LogP contribution is 2.30. The molecule has 1 aromatic heterocycles. The molecule has 3 nitrogen and oxygen atoms in total. The number of hydrogen-bond donors (Lipinski definition) is 1. The summed E-state index contributed by atoms with van der Waals surface area (Å²) in [5.41, 5.74) is 2.86. The van der Waals surface area contributed by atoms with Gasteiger partial charge in [-0.3, -0.25) is 4.68 Å². The molecule has 0 spiro atoms. The van der Waals surface area contributed by atoms with E-state index in [1.807, 2.05) is 32.2 Å². The molecule has 2 rings (SSSR count). The maximum Gasteiger partial charge on any atom is 0.123 e. The van der Waals surface area contributed by atoms with Crippen LogP contribution >= 0.6 is 0 Å². The van der Waals surface area contributed by atoms with Crippen LogP contribution in [0.3, 0.4) is 0 Å². The fourth-order valence-electron chi connectivity index (χ4n) is 1.46. The van der Waals surface area contributed by atoms with E-state index in [4.69, 9.17) is 0 Å². The van der Waals surface area contributed by atoms with Crippen molar-refractivity contribution in [3.63, 3.8) is 0 Å². The molecule has 14 heavy (non-hydrogen) atoms. The number of nitrogens with zero attached hydrogens (tertiary/aromatic N) is 2. The van der Waals surface area contributed by atoms with E-state index < -0.39 is 0 Å². The van der Waals surface area contributed by atoms with Crippen LogP contribution in [-0.4, -0.2) is 14.9 Å². The summed E-state index contributed by atoms with van der Waals surface area (Å²) in [4.78, 5) is 0. The third-order valence-corrected chi connectivity index (χ3v) is 2.43. The summed E-state index contributed by atoms with van der Waals surface area (Å²) < 4.78 is 1.79. The number of phenols is 1. The van der Waals surface area contributed by atoms with Gasteiger partial charge in [-0.05, 0) is 13.0 Å². The molecular formula is C11H12N2O. The lowest BCUT2D eigenvalue weighted by Gasteiger charge is -2.02. The van der Waals surface area contributed by atoms with E-state index in [1.54, 1.807) is 16.9 Å². The minimum absolute atomic E-state index is 0.295. The molecule has 1 aromatic carbocycles. The zero-order valence-electron chi connectivity index (χ0n) is 8.23. The second-order valence-corrected chi connectivity index (χ2v) is 3.28. The average Bonchev–Trinajstić information content (AvgIpc) is 2.49. The smallest absolute Gasteiger partial charge is 0.123 e. The SMILES string of the molecule is Cc1c(-c2ccccc2O)cnn1C. The van der Waals surface area contributed by atoms with Crippen LogP contribution in [0.1, 0.15) is 5.69 Å². The van der Waals surface area contributed by atoms with Crippen LogP contribution in [0, 0.1) is 6.92 Å². The molecule has 1 heterocycles. The summed E-state index contributed by atoms with van der Waals surface area (Å²) in [6.45, 7) is 1.98. The van der Waals surface area contributed by atoms with E-state index in [9.17, 15) is 5.11 Å². The van der Waals surface area contributed by atoms with Crippen LogP contribution in [0.5, 0.6) is 5.75 Å². The van der Waals surface area contributed by atoms with Gasteiger partial charge in [-0.1, -0.05) is 18.2 Å². The maximum absolute atomic E-state index is 9.66. The van der Waals surface area contributed by atoms with Crippen LogP contribution in [0.25, 0.3) is 11.1 Å². The second kappa shape index (κ2) is 3.18. The fraction of sp³-hybridized carbons (Fsp3) is 0.182. The predicted octanol–water partition coefficient (Wildman–Crippen LogP) is 2.10. The van der Waals surface area contributed by atoms with Gasteiger partial charge in [0.15, 0.2) is 0 Å². The molecule has 0 atom stereocenters. The van der Waals surface area contributed by atoms with Crippen molar-refractivity contribution in [2.24, 2.45) is 7.05 Å². The predicted molar refractivity (Wildman–Crippen MR) is 55.0 cm³/mol. The number of benzene rings is 1. The highest BCUT2D eigenvalue weighted by molar-refractivity contribution is 5.71. The van der Waals surface area contributed by atoms with Crippen molar-refractivity contribution >= 4 is 0 Å². The normalized spacial score (nSPS) is 10.4. The zero-order chi connectivity index (χ0) is 10.1. The highest BCUT2D eigenvalue weighted by Gasteiger charge is 2.09. The molecule has 0 aliphatic rings. The Morgan fingerprint density at radius 1 is 1.21 bits per heavy atom. The van der Waals surface area contributed by atoms with Crippen LogP contribution in [0.15, 0.2) is 30.5 Å². The van der Waals surface area contributed by atoms with Gasteiger partial charge in [0, 0.05) is 23.9 Å². The van der Waals surface area contributed by atoms with Crippen molar-refractivity contribution in [2.75, 3.05) is 0 Å². The standard InChI is InChI=1S/C11H12N2O/c1-8-10(7-12-13(8)2)9-5-3-4-6-11(9)14/h3-7,14H,1-2H3. The molecule has 72 valence electrons. The first-order valence-corrected chi connectivity index (χ1v) is 4.47. The Hall–Kier alpha value is -1.77. The van der Waals surface area contributed by atoms with Crippen LogP contribution in [0.4, 0.5) is 0 Å². The van der Waals surface area contributed by atoms with Gasteiger partial charge in [-0.2, -0.15) is 5.10 Å². The number of aryl methyl sites for hydroxylation is 1. The minimum Gasteiger partial charge on any atom is -0.507 e. The van der Waals surface area contributed by atoms with E-state index in [0.29, 0.717) is 5.75 Å². The van der Waals surface area contributed by atoms with E-state index in [1.165, 1.54) is 0 Å². The van der Waals surface area contributed by atoms with E-state index in [0.717, 1.165) is 16.8 Å². The Labute approximate surface area is 82.6 Å². The lowest BCUT2D eigenvalue weighted by molar-refractivity contribution is 0.477. The van der Waals surface area contributed by atoms with Crippen LogP contribution in [0.2, 0.25) is 0 Å². The van der Waals surface area contributed by atoms with E-state index in [-0.39, 0.29) is 0 Å². The fourth-order valence-corrected chi connectivity index (χ4v) is 1.46. The summed E-state index contributed by atoms with van der Waals surface area (Å²) in [6.07, 6.45) is 1.77. The number of aromatic nitrogens is 2. The van der Waals surface area contributed by atoms with Crippen molar-refractivity contribution in [3.05, 3.63) is 36.2 Å². The molecule has 2 aromatic rings. The first-order chi connectivity index (χ1) is 6.70. The van der Waals surface area contributed by atoms with Gasteiger partial charge in [0.25, 0.3) is 0 Å². The first kappa shape index (κ1) is 8.81. The van der Waals surface area contributed by atoms with Gasteiger partial charge >= 0.3 is 0 Å². The summed E-state index contributed by atoms with van der Waals surface area (Å²) in [5, 5.41) is 13.8. The molecule has 0 aliphatic carbocycles. The molecule has 3 heteroatoms. The topological polar surface area (TPSA) is 38.1 Å². The Bertz CT molecular complexity index is 460. The van der Waals surface area contributed by atoms with Gasteiger partial charge in [0.2, 0.25) is 0 Å². The van der Waals surface area contributed by atoms with Crippen LogP contribution in [-0.2, 0) is 7.05 Å². The van der Waals surface area contributed by atoms with Crippen molar-refractivity contribution < 1.29 is 5.11 Å². The van der Waals surface area contributed by atoms with Gasteiger partial charge in [0.05, 0.1) is 6.20 Å². The number of phenolic OH excluding ortho intramolecular Hbond substituents is 1. The maximum atomic E-state index is 9.66. The van der Waals surface area contributed by atoms with Gasteiger partial charge < -0.3 is 5.11 Å². The highest BCUT2D eigenvalue weighted by atomic mass is 16.3. The third-order valence-electron chi connectivity index (χ3n) is 2.43. The lowest BCUT2D eigenvalue weighted by Crippen LogP contribution is -1.92. The zero-order valence-corrected chi connectivity index (χ0v) is 8.23. The Balaban J connectivity index is 2.60. The van der Waals surface area contributed by atoms with Gasteiger partial charge in [0.1, 0.15) is 5.75 Å². The molecule has 1 N–H and O–H groups in total. The summed E-state index contributed by atoms with van der Waals surface area (Å²) >= 11 is 0. The van der Waals surface area contributed by atoms with Crippen molar-refractivity contribution in [1.82, 2.24) is 9.78 Å². The lowest BCUT2D eigenvalue weighted by atomic mass is 10.1. The summed E-state index contributed by atoms with van der Waals surface area (Å²) in [5.74, 6) is 0.295. The molecular weight excluding hydrogens is 176 g/mol. The third kappa shape index (κ3) is 1.27. The Morgan fingerprint density at radius 3 is 2.50 bits per heavy atom. The first-order valence-electron chi connectivity index (χ1n) is 4.47. The summed E-state index contributed by atoms with van der Waals surface area (Å²) in [7, 11) is 1.89. The van der Waals surface area contributed by atoms with E-state index in [2.05, 4.69) is 5.10 Å². The molecule has 0 saturated carbocycles. The number of para-hydroxylation sites is 1. The largest absolute Gasteiger partial charge is 0.507 e. The Kier molecular flexibility index (Phi) is 2.00. The minimum atomic E-state index is 0.295. The molecule has 0 unspecified atom stereocenters. The van der Waals surface area contributed by atoms with Gasteiger partial charge in [-0.15, -0.1) is 0 Å². The van der Waals surface area contributed by atoms with Crippen molar-refractivity contribution in [2.45, 2.75) is 6.92 Å². The molecule has 0 saturated heterocycles. The van der Waals surface area contributed by atoms with Crippen molar-refractivity contribution in [3.8, 4) is 16.9 Å². The Morgan fingerprint density at radius 2 is 1.93 bits per heavy atom. The monoisotopic (exact) mass is 188 g/mol. The number of aromatic hydroxyl groups is 1. The quantitative estimate of drug-likeness (QED) is 0.744. The number of hydrogen-bond acceptors (Lipinski definition) is 2. The average molecular weight is 188 g/mol. The molecule has 0 radical (unpaired) electrons. The molecule has 0 amide bonds. The molecule has 0 fully saturated rings. The second-order valence-electron chi connectivity index (χ2n) is 3.28. The molecule has 0 bridgehead atoms.